The van der Waals surface area contributed by atoms with Crippen molar-refractivity contribution in [1.29, 1.82) is 5.26 Å². The molecule has 29 heavy (non-hydrogen) atoms. The minimum absolute atomic E-state index is 0. The molecule has 5 nitrogen and oxygen atoms in total. The zero-order valence-electron chi connectivity index (χ0n) is 17.0. The summed E-state index contributed by atoms with van der Waals surface area (Å²) in [5, 5.41) is 9.00. The molecule has 2 saturated heterocycles. The van der Waals surface area contributed by atoms with Gasteiger partial charge in [-0.05, 0) is 69.9 Å². The van der Waals surface area contributed by atoms with E-state index in [2.05, 4.69) is 14.7 Å². The van der Waals surface area contributed by atoms with Crippen molar-refractivity contribution >= 4 is 36.3 Å². The molecule has 2 fully saturated rings. The van der Waals surface area contributed by atoms with Gasteiger partial charge in [-0.25, -0.2) is 4.39 Å². The molecule has 0 aromatic heterocycles. The predicted molar refractivity (Wildman–Crippen MR) is 119 cm³/mol. The van der Waals surface area contributed by atoms with Crippen LogP contribution in [0.2, 0.25) is 0 Å². The summed E-state index contributed by atoms with van der Waals surface area (Å²) in [5.74, 6) is 0.574. The van der Waals surface area contributed by atoms with Crippen LogP contribution >= 0.6 is 24.8 Å². The number of Topliss-reactive ketones (excluding diaryl/α,β-unsaturated/α-hetero) is 1. The van der Waals surface area contributed by atoms with Crippen LogP contribution in [0, 0.1) is 23.1 Å². The number of anilines is 1. The molecule has 0 amide bonds. The van der Waals surface area contributed by atoms with Crippen molar-refractivity contribution in [2.24, 2.45) is 5.92 Å². The number of hydrogen-bond acceptors (Lipinski definition) is 5. The Morgan fingerprint density at radius 1 is 1.10 bits per heavy atom. The monoisotopic (exact) mass is 444 g/mol. The normalized spacial score (nSPS) is 18.4. The fourth-order valence-corrected chi connectivity index (χ4v) is 4.14. The molecule has 3 rings (SSSR count). The number of likely N-dealkylation sites (tertiary alicyclic amines) is 1. The maximum atomic E-state index is 13.5. The van der Waals surface area contributed by atoms with Crippen LogP contribution in [0.3, 0.4) is 0 Å². The van der Waals surface area contributed by atoms with Crippen molar-refractivity contribution in [2.75, 3.05) is 57.3 Å². The lowest BCUT2D eigenvalue weighted by atomic mass is 9.93. The zero-order chi connectivity index (χ0) is 19.2. The third-order valence-corrected chi connectivity index (χ3v) is 5.81. The van der Waals surface area contributed by atoms with E-state index in [0.29, 0.717) is 6.54 Å². The first-order valence-electron chi connectivity index (χ1n) is 9.94. The van der Waals surface area contributed by atoms with Gasteiger partial charge in [0.25, 0.3) is 0 Å². The Labute approximate surface area is 185 Å². The number of carbonyl (C=O) groups excluding carboxylic acids is 1. The minimum atomic E-state index is -0.450. The summed E-state index contributed by atoms with van der Waals surface area (Å²) >= 11 is 0. The Balaban J connectivity index is 0.00000210. The van der Waals surface area contributed by atoms with E-state index in [0.717, 1.165) is 57.4 Å². The maximum Gasteiger partial charge on any atom is 0.143 e. The first-order valence-corrected chi connectivity index (χ1v) is 9.94. The lowest BCUT2D eigenvalue weighted by molar-refractivity contribution is -0.118. The second-order valence-corrected chi connectivity index (χ2v) is 7.81. The number of piperidine rings is 1. The Morgan fingerprint density at radius 3 is 2.34 bits per heavy atom. The van der Waals surface area contributed by atoms with E-state index >= 15 is 0 Å². The van der Waals surface area contributed by atoms with E-state index in [9.17, 15) is 9.18 Å². The quantitative estimate of drug-likeness (QED) is 0.672. The summed E-state index contributed by atoms with van der Waals surface area (Å²) in [6, 6.07) is 6.72. The largest absolute Gasteiger partial charge is 0.369 e. The lowest BCUT2D eigenvalue weighted by Crippen LogP contribution is -2.47. The number of carbonyl (C=O) groups is 1. The molecule has 0 atom stereocenters. The maximum absolute atomic E-state index is 13.5. The lowest BCUT2D eigenvalue weighted by Gasteiger charge is -2.37. The van der Waals surface area contributed by atoms with Crippen molar-refractivity contribution in [3.05, 3.63) is 29.6 Å². The minimum Gasteiger partial charge on any atom is -0.369 e. The number of rotatable bonds is 6. The summed E-state index contributed by atoms with van der Waals surface area (Å²) in [4.78, 5) is 18.2. The molecule has 0 bridgehead atoms. The predicted octanol–water partition coefficient (Wildman–Crippen LogP) is 3.35. The standard InChI is InChI=1S/C21H29FN4O.2ClH/c1-17(27)16-25-8-5-18(6-9-25)4-7-24-10-12-26(13-11-24)20-2-3-21(22)19(14-20)15-23;;/h2-3,14,18H,4-13,16H2,1H3;2*1H. The van der Waals surface area contributed by atoms with Crippen LogP contribution in [-0.2, 0) is 4.79 Å². The molecule has 0 saturated carbocycles. The first-order chi connectivity index (χ1) is 13.0. The molecule has 1 aromatic carbocycles. The average Bonchev–Trinajstić information content (AvgIpc) is 2.68. The molecule has 0 radical (unpaired) electrons. The highest BCUT2D eigenvalue weighted by Gasteiger charge is 2.22. The highest BCUT2D eigenvalue weighted by Crippen LogP contribution is 2.23. The smallest absolute Gasteiger partial charge is 0.143 e. The molecule has 2 aliphatic rings. The fourth-order valence-electron chi connectivity index (χ4n) is 4.14. The van der Waals surface area contributed by atoms with Gasteiger partial charge in [-0.3, -0.25) is 14.6 Å². The SMILES string of the molecule is CC(=O)CN1CCC(CCN2CCN(c3ccc(F)c(C#N)c3)CC2)CC1.Cl.Cl. The van der Waals surface area contributed by atoms with Crippen LogP contribution in [-0.4, -0.2) is 67.9 Å². The van der Waals surface area contributed by atoms with Crippen LogP contribution in [0.15, 0.2) is 18.2 Å². The van der Waals surface area contributed by atoms with Crippen molar-refractivity contribution in [2.45, 2.75) is 26.2 Å². The van der Waals surface area contributed by atoms with E-state index < -0.39 is 5.82 Å². The highest BCUT2D eigenvalue weighted by molar-refractivity contribution is 5.85. The third-order valence-electron chi connectivity index (χ3n) is 5.81. The number of hydrogen-bond donors (Lipinski definition) is 0. The van der Waals surface area contributed by atoms with Gasteiger partial charge < -0.3 is 4.90 Å². The summed E-state index contributed by atoms with van der Waals surface area (Å²) in [7, 11) is 0. The van der Waals surface area contributed by atoms with Gasteiger partial charge >= 0.3 is 0 Å². The van der Waals surface area contributed by atoms with Gasteiger partial charge in [-0.15, -0.1) is 24.8 Å². The van der Waals surface area contributed by atoms with E-state index in [4.69, 9.17) is 5.26 Å². The second-order valence-electron chi connectivity index (χ2n) is 7.81. The summed E-state index contributed by atoms with van der Waals surface area (Å²) in [5.41, 5.74) is 1.05. The highest BCUT2D eigenvalue weighted by atomic mass is 35.5. The van der Waals surface area contributed by atoms with E-state index in [1.807, 2.05) is 6.07 Å². The number of nitriles is 1. The van der Waals surface area contributed by atoms with Crippen LogP contribution in [0.4, 0.5) is 10.1 Å². The van der Waals surface area contributed by atoms with Gasteiger partial charge in [-0.1, -0.05) is 0 Å². The van der Waals surface area contributed by atoms with Gasteiger partial charge in [-0.2, -0.15) is 5.26 Å². The molecule has 8 heteroatoms. The number of ketones is 1. The van der Waals surface area contributed by atoms with Gasteiger partial charge in [0.1, 0.15) is 17.7 Å². The summed E-state index contributed by atoms with van der Waals surface area (Å²) < 4.78 is 13.5. The second kappa shape index (κ2) is 12.3. The third kappa shape index (κ3) is 7.42. The molecule has 1 aromatic rings. The van der Waals surface area contributed by atoms with Gasteiger partial charge in [0, 0.05) is 31.9 Å². The van der Waals surface area contributed by atoms with Crippen LogP contribution in [0.1, 0.15) is 31.7 Å². The summed E-state index contributed by atoms with van der Waals surface area (Å²) in [6.07, 6.45) is 3.61. The number of piperazine rings is 1. The fraction of sp³-hybridized carbons (Fsp3) is 0.619. The van der Waals surface area contributed by atoms with Gasteiger partial charge in [0.15, 0.2) is 0 Å². The summed E-state index contributed by atoms with van der Waals surface area (Å²) in [6.45, 7) is 9.31. The number of nitrogens with zero attached hydrogens (tertiary/aromatic N) is 4. The molecule has 0 aliphatic carbocycles. The number of halogens is 3. The Morgan fingerprint density at radius 2 is 1.76 bits per heavy atom. The van der Waals surface area contributed by atoms with Gasteiger partial charge in [0.2, 0.25) is 0 Å². The van der Waals surface area contributed by atoms with Crippen LogP contribution in [0.25, 0.3) is 0 Å². The average molecular weight is 445 g/mol. The van der Waals surface area contributed by atoms with Crippen molar-refractivity contribution in [3.63, 3.8) is 0 Å². The Bertz CT molecular complexity index is 696. The van der Waals surface area contributed by atoms with Gasteiger partial charge in [0.05, 0.1) is 12.1 Å². The Kier molecular flexibility index (Phi) is 10.9. The molecule has 0 N–H and O–H groups in total. The van der Waals surface area contributed by atoms with E-state index in [-0.39, 0.29) is 36.2 Å². The van der Waals surface area contributed by atoms with E-state index in [1.165, 1.54) is 25.3 Å². The molecule has 0 unspecified atom stereocenters. The molecule has 0 spiro atoms. The molecule has 2 heterocycles. The van der Waals surface area contributed by atoms with Crippen molar-refractivity contribution < 1.29 is 9.18 Å². The van der Waals surface area contributed by atoms with Crippen LogP contribution < -0.4 is 4.90 Å². The molecule has 2 aliphatic heterocycles. The van der Waals surface area contributed by atoms with E-state index in [1.54, 1.807) is 19.1 Å². The molecular formula is C21H31Cl2FN4O. The number of benzene rings is 1. The van der Waals surface area contributed by atoms with Crippen LogP contribution in [0.5, 0.6) is 0 Å². The topological polar surface area (TPSA) is 50.6 Å². The molecular weight excluding hydrogens is 414 g/mol. The van der Waals surface area contributed by atoms with Crippen molar-refractivity contribution in [3.8, 4) is 6.07 Å². The zero-order valence-corrected chi connectivity index (χ0v) is 18.6. The first kappa shape index (κ1) is 25.6. The Hall–Kier alpha value is -1.39. The molecule has 162 valence electrons. The van der Waals surface area contributed by atoms with Crippen molar-refractivity contribution in [1.82, 2.24) is 9.80 Å².